The molecule has 1 heterocycles. The maximum Gasteiger partial charge on any atom is 0.101 e. The van der Waals surface area contributed by atoms with Crippen LogP contribution in [0.1, 0.15) is 36.6 Å². The average molecular weight is 225 g/mol. The second kappa shape index (κ2) is 4.42. The van der Waals surface area contributed by atoms with E-state index in [2.05, 4.69) is 25.0 Å². The third-order valence-electron chi connectivity index (χ3n) is 2.79. The highest BCUT2D eigenvalue weighted by Gasteiger charge is 2.10. The van der Waals surface area contributed by atoms with Crippen molar-refractivity contribution in [1.82, 2.24) is 9.78 Å². The average Bonchev–Trinajstić information content (AvgIpc) is 2.77. The SMILES string of the molecule is Cc1cccc(C#N)c1-n1ccc(C(C)C)n1. The van der Waals surface area contributed by atoms with Gasteiger partial charge < -0.3 is 0 Å². The second-order valence-electron chi connectivity index (χ2n) is 4.42. The van der Waals surface area contributed by atoms with Gasteiger partial charge >= 0.3 is 0 Å². The van der Waals surface area contributed by atoms with Crippen LogP contribution in [0.4, 0.5) is 0 Å². The molecule has 0 radical (unpaired) electrons. The number of aryl methyl sites for hydroxylation is 1. The van der Waals surface area contributed by atoms with E-state index >= 15 is 0 Å². The number of hydrogen-bond acceptors (Lipinski definition) is 2. The highest BCUT2D eigenvalue weighted by molar-refractivity contribution is 5.53. The molecular formula is C14H15N3. The lowest BCUT2D eigenvalue weighted by atomic mass is 10.1. The summed E-state index contributed by atoms with van der Waals surface area (Å²) >= 11 is 0. The predicted octanol–water partition coefficient (Wildman–Crippen LogP) is 3.18. The fourth-order valence-corrected chi connectivity index (χ4v) is 1.82. The number of hydrogen-bond donors (Lipinski definition) is 0. The standard InChI is InChI=1S/C14H15N3/c1-10(2)13-7-8-17(16-13)14-11(3)5-4-6-12(14)9-15/h4-8,10H,1-3H3. The van der Waals surface area contributed by atoms with Gasteiger partial charge in [0.25, 0.3) is 0 Å². The number of nitrogens with zero attached hydrogens (tertiary/aromatic N) is 3. The maximum absolute atomic E-state index is 9.13. The third-order valence-corrected chi connectivity index (χ3v) is 2.79. The van der Waals surface area contributed by atoms with Gasteiger partial charge in [0, 0.05) is 6.20 Å². The summed E-state index contributed by atoms with van der Waals surface area (Å²) in [6, 6.07) is 9.92. The van der Waals surface area contributed by atoms with E-state index in [0.717, 1.165) is 16.9 Å². The van der Waals surface area contributed by atoms with Gasteiger partial charge in [0.2, 0.25) is 0 Å². The molecule has 0 aliphatic heterocycles. The molecular weight excluding hydrogens is 210 g/mol. The number of nitriles is 1. The van der Waals surface area contributed by atoms with Gasteiger partial charge in [0.1, 0.15) is 6.07 Å². The van der Waals surface area contributed by atoms with E-state index in [-0.39, 0.29) is 0 Å². The van der Waals surface area contributed by atoms with Gasteiger partial charge in [-0.2, -0.15) is 10.4 Å². The van der Waals surface area contributed by atoms with E-state index in [1.54, 1.807) is 4.68 Å². The second-order valence-corrected chi connectivity index (χ2v) is 4.42. The molecule has 3 heteroatoms. The smallest absolute Gasteiger partial charge is 0.101 e. The van der Waals surface area contributed by atoms with Gasteiger partial charge in [0.05, 0.1) is 16.9 Å². The lowest BCUT2D eigenvalue weighted by molar-refractivity contribution is 0.765. The van der Waals surface area contributed by atoms with E-state index in [0.29, 0.717) is 11.5 Å². The van der Waals surface area contributed by atoms with Crippen molar-refractivity contribution in [3.8, 4) is 11.8 Å². The van der Waals surface area contributed by atoms with Crippen molar-refractivity contribution < 1.29 is 0 Å². The first kappa shape index (κ1) is 11.4. The van der Waals surface area contributed by atoms with Crippen LogP contribution in [0.5, 0.6) is 0 Å². The molecule has 0 amide bonds. The van der Waals surface area contributed by atoms with E-state index in [1.807, 2.05) is 37.4 Å². The summed E-state index contributed by atoms with van der Waals surface area (Å²) in [4.78, 5) is 0. The summed E-state index contributed by atoms with van der Waals surface area (Å²) in [5, 5.41) is 13.6. The zero-order chi connectivity index (χ0) is 12.4. The first-order chi connectivity index (χ1) is 8.13. The molecule has 0 atom stereocenters. The van der Waals surface area contributed by atoms with Gasteiger partial charge in [0.15, 0.2) is 0 Å². The summed E-state index contributed by atoms with van der Waals surface area (Å²) in [7, 11) is 0. The Morgan fingerprint density at radius 3 is 2.65 bits per heavy atom. The molecule has 0 saturated carbocycles. The molecule has 0 aliphatic rings. The molecule has 17 heavy (non-hydrogen) atoms. The van der Waals surface area contributed by atoms with Crippen molar-refractivity contribution >= 4 is 0 Å². The fraction of sp³-hybridized carbons (Fsp3) is 0.286. The van der Waals surface area contributed by atoms with Gasteiger partial charge in [-0.1, -0.05) is 26.0 Å². The van der Waals surface area contributed by atoms with Crippen molar-refractivity contribution in [3.05, 3.63) is 47.3 Å². The predicted molar refractivity (Wildman–Crippen MR) is 67.1 cm³/mol. The number of aromatic nitrogens is 2. The van der Waals surface area contributed by atoms with E-state index < -0.39 is 0 Å². The molecule has 0 bridgehead atoms. The summed E-state index contributed by atoms with van der Waals surface area (Å²) in [5.74, 6) is 0.394. The Labute approximate surface area is 101 Å². The highest BCUT2D eigenvalue weighted by atomic mass is 15.3. The molecule has 86 valence electrons. The lowest BCUT2D eigenvalue weighted by Gasteiger charge is -2.08. The third kappa shape index (κ3) is 2.07. The molecule has 1 aromatic heterocycles. The Kier molecular flexibility index (Phi) is 2.97. The fourth-order valence-electron chi connectivity index (χ4n) is 1.82. The lowest BCUT2D eigenvalue weighted by Crippen LogP contribution is -2.02. The van der Waals surface area contributed by atoms with Crippen molar-refractivity contribution in [2.24, 2.45) is 0 Å². The van der Waals surface area contributed by atoms with Crippen molar-refractivity contribution in [3.63, 3.8) is 0 Å². The maximum atomic E-state index is 9.13. The number of rotatable bonds is 2. The van der Waals surface area contributed by atoms with Crippen LogP contribution in [0.15, 0.2) is 30.5 Å². The molecule has 0 aliphatic carbocycles. The van der Waals surface area contributed by atoms with Gasteiger partial charge in [-0.15, -0.1) is 0 Å². The summed E-state index contributed by atoms with van der Waals surface area (Å²) in [6.45, 7) is 6.21. The Balaban J connectivity index is 2.56. The minimum atomic E-state index is 0.394. The molecule has 3 nitrogen and oxygen atoms in total. The van der Waals surface area contributed by atoms with Gasteiger partial charge in [-0.25, -0.2) is 4.68 Å². The highest BCUT2D eigenvalue weighted by Crippen LogP contribution is 2.20. The number of para-hydroxylation sites is 1. The molecule has 0 N–H and O–H groups in total. The van der Waals surface area contributed by atoms with Gasteiger partial charge in [-0.3, -0.25) is 0 Å². The molecule has 0 fully saturated rings. The Morgan fingerprint density at radius 1 is 1.29 bits per heavy atom. The summed E-state index contributed by atoms with van der Waals surface area (Å²) < 4.78 is 1.79. The van der Waals surface area contributed by atoms with Crippen molar-refractivity contribution in [1.29, 1.82) is 5.26 Å². The minimum Gasteiger partial charge on any atom is -0.239 e. The molecule has 1 aromatic carbocycles. The molecule has 2 rings (SSSR count). The molecule has 0 saturated heterocycles. The Hall–Kier alpha value is -2.08. The van der Waals surface area contributed by atoms with Crippen LogP contribution >= 0.6 is 0 Å². The largest absolute Gasteiger partial charge is 0.239 e. The van der Waals surface area contributed by atoms with Crippen molar-refractivity contribution in [2.45, 2.75) is 26.7 Å². The van der Waals surface area contributed by atoms with Gasteiger partial charge in [-0.05, 0) is 30.5 Å². The quantitative estimate of drug-likeness (QED) is 0.787. The Morgan fingerprint density at radius 2 is 2.06 bits per heavy atom. The molecule has 0 spiro atoms. The van der Waals surface area contributed by atoms with Crippen LogP contribution in [0.2, 0.25) is 0 Å². The van der Waals surface area contributed by atoms with Crippen LogP contribution in [-0.2, 0) is 0 Å². The van der Waals surface area contributed by atoms with E-state index in [9.17, 15) is 0 Å². The van der Waals surface area contributed by atoms with Crippen LogP contribution in [0.25, 0.3) is 5.69 Å². The van der Waals surface area contributed by atoms with Crippen LogP contribution < -0.4 is 0 Å². The first-order valence-corrected chi connectivity index (χ1v) is 5.69. The first-order valence-electron chi connectivity index (χ1n) is 5.69. The van der Waals surface area contributed by atoms with Crippen molar-refractivity contribution in [2.75, 3.05) is 0 Å². The number of benzene rings is 1. The monoisotopic (exact) mass is 225 g/mol. The van der Waals surface area contributed by atoms with E-state index in [4.69, 9.17) is 5.26 Å². The van der Waals surface area contributed by atoms with Crippen LogP contribution in [-0.4, -0.2) is 9.78 Å². The Bertz CT molecular complexity index is 573. The molecule has 2 aromatic rings. The molecule has 0 unspecified atom stereocenters. The summed E-state index contributed by atoms with van der Waals surface area (Å²) in [5.41, 5.74) is 3.63. The minimum absolute atomic E-state index is 0.394. The summed E-state index contributed by atoms with van der Waals surface area (Å²) in [6.07, 6.45) is 1.92. The van der Waals surface area contributed by atoms with Crippen LogP contribution in [0.3, 0.4) is 0 Å². The van der Waals surface area contributed by atoms with E-state index in [1.165, 1.54) is 0 Å². The zero-order valence-corrected chi connectivity index (χ0v) is 10.3. The topological polar surface area (TPSA) is 41.6 Å². The normalized spacial score (nSPS) is 10.5. The zero-order valence-electron chi connectivity index (χ0n) is 10.3. The van der Waals surface area contributed by atoms with Crippen LogP contribution in [0, 0.1) is 18.3 Å².